The van der Waals surface area contributed by atoms with Crippen molar-refractivity contribution >= 4 is 67.8 Å². The number of sulfonamides is 1. The Bertz CT molecular complexity index is 1600. The predicted molar refractivity (Wildman–Crippen MR) is 145 cm³/mol. The number of alkyl halides is 3. The summed E-state index contributed by atoms with van der Waals surface area (Å²) in [5, 5.41) is 1.60. The summed E-state index contributed by atoms with van der Waals surface area (Å²) in [6.45, 7) is 0.696. The van der Waals surface area contributed by atoms with Crippen LogP contribution in [-0.2, 0) is 29.5 Å². The van der Waals surface area contributed by atoms with Crippen LogP contribution >= 0.6 is 11.6 Å². The minimum absolute atomic E-state index is 0. The number of rotatable bonds is 7. The van der Waals surface area contributed by atoms with Crippen LogP contribution in [0.25, 0.3) is 10.9 Å². The molecule has 199 valence electrons. The van der Waals surface area contributed by atoms with Gasteiger partial charge in [-0.05, 0) is 72.5 Å². The smallest absolute Gasteiger partial charge is 0.493 e. The number of ether oxygens (including phenoxy) is 2. The van der Waals surface area contributed by atoms with E-state index in [1.54, 1.807) is 16.9 Å². The maximum atomic E-state index is 12.7. The van der Waals surface area contributed by atoms with Crippen LogP contribution in [0.5, 0.6) is 11.5 Å². The Hall–Kier alpha value is -2.50. The Morgan fingerprint density at radius 3 is 2.64 bits per heavy atom. The number of halogens is 4. The minimum atomic E-state index is -5.48. The van der Waals surface area contributed by atoms with Gasteiger partial charge in [-0.1, -0.05) is 35.9 Å². The number of fused-ring (bicyclic) bond motifs is 2. The van der Waals surface area contributed by atoms with Crippen molar-refractivity contribution < 1.29 is 31.1 Å². The second kappa shape index (κ2) is 11.9. The van der Waals surface area contributed by atoms with E-state index in [-0.39, 0.29) is 47.8 Å². The molecule has 1 aliphatic rings. The van der Waals surface area contributed by atoms with Crippen LogP contribution in [0, 0.1) is 5.92 Å². The molecule has 5 rings (SSSR count). The van der Waals surface area contributed by atoms with Crippen LogP contribution in [0.2, 0.25) is 5.02 Å². The van der Waals surface area contributed by atoms with Gasteiger partial charge < -0.3 is 9.47 Å². The van der Waals surface area contributed by atoms with Gasteiger partial charge in [-0.3, -0.25) is 4.72 Å². The number of hydrogen-bond donors (Lipinski definition) is 1. The third-order valence-corrected chi connectivity index (χ3v) is 7.47. The fourth-order valence-corrected chi connectivity index (χ4v) is 5.05. The number of benzene rings is 3. The number of hydrogen-bond acceptors (Lipinski definition) is 5. The predicted octanol–water partition coefficient (Wildman–Crippen LogP) is 6.14. The van der Waals surface area contributed by atoms with Gasteiger partial charge in [-0.15, -0.1) is 0 Å². The van der Waals surface area contributed by atoms with Gasteiger partial charge in [0.2, 0.25) is 0 Å². The van der Waals surface area contributed by atoms with Gasteiger partial charge in [0.25, 0.3) is 0 Å². The van der Waals surface area contributed by atoms with Crippen molar-refractivity contribution in [1.82, 2.24) is 4.98 Å². The van der Waals surface area contributed by atoms with Gasteiger partial charge in [0, 0.05) is 51.6 Å². The van der Waals surface area contributed by atoms with E-state index in [1.165, 1.54) is 18.2 Å². The van der Waals surface area contributed by atoms with Gasteiger partial charge in [0.05, 0.1) is 17.8 Å². The van der Waals surface area contributed by atoms with E-state index in [4.69, 9.17) is 21.1 Å². The molecule has 0 fully saturated rings. The second-order valence-corrected chi connectivity index (χ2v) is 11.1. The van der Waals surface area contributed by atoms with Crippen LogP contribution in [0.3, 0.4) is 0 Å². The summed E-state index contributed by atoms with van der Waals surface area (Å²) in [5.41, 5.74) is -2.34. The number of nitrogens with zero attached hydrogens (tertiary/aromatic N) is 1. The van der Waals surface area contributed by atoms with Gasteiger partial charge in [0.1, 0.15) is 18.1 Å². The SMILES string of the molecule is O=S(=O)(Nc1cccc(CC2COc3ccc(OCc4ccc5ccc(Cl)cc5n4)cc3C2)c1)C(F)(F)F.[Na]. The molecule has 6 nitrogen and oxygen atoms in total. The third kappa shape index (κ3) is 7.18. The van der Waals surface area contributed by atoms with E-state index in [0.717, 1.165) is 27.9 Å². The zero-order chi connectivity index (χ0) is 26.9. The minimum Gasteiger partial charge on any atom is -0.493 e. The Balaban J connectivity index is 0.00000353. The first-order chi connectivity index (χ1) is 18.1. The third-order valence-electron chi connectivity index (χ3n) is 6.12. The Kier molecular flexibility index (Phi) is 9.02. The van der Waals surface area contributed by atoms with Crippen molar-refractivity contribution in [2.24, 2.45) is 5.92 Å². The summed E-state index contributed by atoms with van der Waals surface area (Å²) in [5.74, 6) is 1.45. The van der Waals surface area contributed by atoms with Gasteiger partial charge in [-0.25, -0.2) is 4.98 Å². The molecule has 0 saturated carbocycles. The maximum Gasteiger partial charge on any atom is 0.516 e. The molecule has 1 radical (unpaired) electrons. The first-order valence-corrected chi connectivity index (χ1v) is 13.5. The molecule has 0 saturated heterocycles. The van der Waals surface area contributed by atoms with Crippen molar-refractivity contribution in [3.63, 3.8) is 0 Å². The summed E-state index contributed by atoms with van der Waals surface area (Å²) in [7, 11) is -5.48. The quantitative estimate of drug-likeness (QED) is 0.264. The molecule has 3 aromatic carbocycles. The molecule has 0 amide bonds. The van der Waals surface area contributed by atoms with Crippen molar-refractivity contribution in [1.29, 1.82) is 0 Å². The van der Waals surface area contributed by atoms with Gasteiger partial charge >= 0.3 is 15.5 Å². The molecule has 2 heterocycles. The van der Waals surface area contributed by atoms with Gasteiger partial charge in [-0.2, -0.15) is 21.6 Å². The molecule has 1 unspecified atom stereocenters. The molecule has 0 spiro atoms. The van der Waals surface area contributed by atoms with E-state index in [0.29, 0.717) is 35.8 Å². The number of nitrogens with one attached hydrogen (secondary N) is 1. The van der Waals surface area contributed by atoms with Crippen molar-refractivity contribution in [2.45, 2.75) is 25.0 Å². The van der Waals surface area contributed by atoms with E-state index in [2.05, 4.69) is 4.98 Å². The summed E-state index contributed by atoms with van der Waals surface area (Å²) >= 11 is 6.07. The number of pyridine rings is 1. The average Bonchev–Trinajstić information content (AvgIpc) is 2.86. The normalized spacial score (nSPS) is 15.1. The molecule has 39 heavy (non-hydrogen) atoms. The Labute approximate surface area is 250 Å². The summed E-state index contributed by atoms with van der Waals surface area (Å²) in [4.78, 5) is 4.60. The van der Waals surface area contributed by atoms with Gasteiger partial charge in [0.15, 0.2) is 0 Å². The van der Waals surface area contributed by atoms with Crippen LogP contribution in [0.15, 0.2) is 72.8 Å². The molecule has 1 N–H and O–H groups in total. The number of anilines is 1. The van der Waals surface area contributed by atoms with Crippen LogP contribution in [-0.4, -0.2) is 55.1 Å². The van der Waals surface area contributed by atoms with E-state index in [9.17, 15) is 21.6 Å². The molecule has 1 aromatic heterocycles. The van der Waals surface area contributed by atoms with E-state index in [1.807, 2.05) is 42.5 Å². The molecule has 12 heteroatoms. The first-order valence-electron chi connectivity index (χ1n) is 11.7. The number of aromatic nitrogens is 1. The summed E-state index contributed by atoms with van der Waals surface area (Å²) < 4.78 is 74.4. The molecule has 1 aliphatic heterocycles. The van der Waals surface area contributed by atoms with E-state index >= 15 is 0 Å². The van der Waals surface area contributed by atoms with Crippen molar-refractivity contribution in [2.75, 3.05) is 11.3 Å². The Morgan fingerprint density at radius 2 is 1.85 bits per heavy atom. The van der Waals surface area contributed by atoms with Crippen LogP contribution in [0.4, 0.5) is 18.9 Å². The Morgan fingerprint density at radius 1 is 1.05 bits per heavy atom. The zero-order valence-electron chi connectivity index (χ0n) is 20.8. The van der Waals surface area contributed by atoms with Crippen molar-refractivity contribution in [3.8, 4) is 11.5 Å². The van der Waals surface area contributed by atoms with E-state index < -0.39 is 15.5 Å². The second-order valence-electron chi connectivity index (χ2n) is 9.03. The molecular weight excluding hydrogens is 564 g/mol. The average molecular weight is 586 g/mol. The maximum absolute atomic E-state index is 12.7. The molecule has 0 aliphatic carbocycles. The van der Waals surface area contributed by atoms with Crippen LogP contribution < -0.4 is 14.2 Å². The van der Waals surface area contributed by atoms with Crippen molar-refractivity contribution in [3.05, 3.63) is 94.6 Å². The standard InChI is InChI=1S/C27H22ClF3N2O4S.Na/c28-21-6-4-19-5-7-23(32-25(19)14-21)16-36-24-8-9-26-20(13-24)11-18(15-37-26)10-17-2-1-3-22(12-17)33-38(34,35)27(29,30)31;/h1-9,12-14,18,33H,10-11,15-16H2;. The first kappa shape index (κ1) is 29.5. The fourth-order valence-electron chi connectivity index (χ4n) is 4.33. The van der Waals surface area contributed by atoms with Crippen LogP contribution in [0.1, 0.15) is 16.8 Å². The molecule has 4 aromatic rings. The summed E-state index contributed by atoms with van der Waals surface area (Å²) in [6.07, 6.45) is 1.16. The molecule has 1 atom stereocenters. The monoisotopic (exact) mass is 585 g/mol. The zero-order valence-corrected chi connectivity index (χ0v) is 24.4. The molecule has 0 bridgehead atoms. The summed E-state index contributed by atoms with van der Waals surface area (Å²) in [6, 6.07) is 20.9. The molecular formula is C27H22ClF3N2NaO4S. The topological polar surface area (TPSA) is 77.5 Å². The largest absolute Gasteiger partial charge is 0.516 e. The fraction of sp³-hybridized carbons (Fsp3) is 0.222.